The van der Waals surface area contributed by atoms with Crippen LogP contribution in [0.4, 0.5) is 0 Å². The second-order valence-electron chi connectivity index (χ2n) is 10.3. The second kappa shape index (κ2) is 8.96. The molecular weight excluding hydrogens is 474 g/mol. The van der Waals surface area contributed by atoms with Crippen molar-refractivity contribution in [1.29, 1.82) is 0 Å². The molecule has 1 N–H and O–H groups in total. The van der Waals surface area contributed by atoms with Crippen LogP contribution in [-0.4, -0.2) is 71.9 Å². The van der Waals surface area contributed by atoms with Crippen LogP contribution < -0.4 is 0 Å². The Kier molecular flexibility index (Phi) is 6.69. The highest BCUT2D eigenvalue weighted by Crippen LogP contribution is 2.52. The molecule has 3 aliphatic heterocycles. The summed E-state index contributed by atoms with van der Waals surface area (Å²) in [6.45, 7) is 13.3. The number of amides is 1. The Morgan fingerprint density at radius 3 is 2.67 bits per heavy atom. The largest absolute Gasteiger partial charge is 0.477 e. The van der Waals surface area contributed by atoms with Crippen molar-refractivity contribution in [1.82, 2.24) is 14.8 Å². The smallest absolute Gasteiger partial charge is 0.353 e. The van der Waals surface area contributed by atoms with Crippen LogP contribution in [0.5, 0.6) is 0 Å². The summed E-state index contributed by atoms with van der Waals surface area (Å²) in [5, 5.41) is 12.0. The molecule has 0 unspecified atom stereocenters. The van der Waals surface area contributed by atoms with Crippen molar-refractivity contribution in [3.8, 4) is 0 Å². The number of thioether (sulfide) groups is 1. The van der Waals surface area contributed by atoms with Gasteiger partial charge in [0.15, 0.2) is 12.7 Å². The maximum absolute atomic E-state index is 13.0. The fourth-order valence-corrected chi connectivity index (χ4v) is 8.36. The number of hydrogen-bond donors (Lipinski definition) is 1. The molecule has 0 radical (unpaired) electrons. The van der Waals surface area contributed by atoms with Gasteiger partial charge in [0, 0.05) is 28.8 Å². The van der Waals surface area contributed by atoms with E-state index in [0.717, 1.165) is 23.0 Å². The van der Waals surface area contributed by atoms with Crippen molar-refractivity contribution < 1.29 is 19.1 Å². The van der Waals surface area contributed by atoms with Gasteiger partial charge in [-0.2, -0.15) is 0 Å². The molecule has 180 valence electrons. The van der Waals surface area contributed by atoms with Crippen LogP contribution in [0.1, 0.15) is 32.9 Å². The molecule has 1 fully saturated rings. The van der Waals surface area contributed by atoms with E-state index in [-0.39, 0.29) is 35.6 Å². The van der Waals surface area contributed by atoms with Gasteiger partial charge in [-0.05, 0) is 52.5 Å². The van der Waals surface area contributed by atoms with Crippen molar-refractivity contribution in [3.05, 3.63) is 27.8 Å². The minimum absolute atomic E-state index is 0.0790. The van der Waals surface area contributed by atoms with Gasteiger partial charge in [-0.15, -0.1) is 11.3 Å². The minimum atomic E-state index is -1.82. The highest BCUT2D eigenvalue weighted by atomic mass is 32.2. The van der Waals surface area contributed by atoms with Gasteiger partial charge in [-0.25, -0.2) is 9.78 Å². The highest BCUT2D eigenvalue weighted by molar-refractivity contribution is 8.04. The average Bonchev–Trinajstić information content (AvgIpc) is 3.25. The third-order valence-electron chi connectivity index (χ3n) is 6.72. The topological polar surface area (TPSA) is 83.0 Å². The summed E-state index contributed by atoms with van der Waals surface area (Å²) in [5.41, 5.74) is 2.28. The Morgan fingerprint density at radius 1 is 1.36 bits per heavy atom. The highest BCUT2D eigenvalue weighted by Gasteiger charge is 2.60. The molecule has 0 spiro atoms. The average molecular weight is 508 g/mol. The number of nitrogens with zero attached hydrogens (tertiary/aromatic N) is 3. The van der Waals surface area contributed by atoms with Crippen molar-refractivity contribution in [2.24, 2.45) is 11.8 Å². The van der Waals surface area contributed by atoms with Crippen LogP contribution in [0.15, 0.2) is 26.4 Å². The summed E-state index contributed by atoms with van der Waals surface area (Å²) >= 11 is 2.93. The van der Waals surface area contributed by atoms with E-state index in [1.54, 1.807) is 0 Å². The lowest BCUT2D eigenvalue weighted by Gasteiger charge is -2.48. The number of carbonyl (C=O) groups excluding carboxylic acids is 1. The number of thiazole rings is 1. The molecule has 10 heteroatoms. The fourth-order valence-electron chi connectivity index (χ4n) is 4.99. The van der Waals surface area contributed by atoms with E-state index in [2.05, 4.69) is 44.6 Å². The van der Waals surface area contributed by atoms with Gasteiger partial charge in [0.2, 0.25) is 5.91 Å². The first-order valence-electron chi connectivity index (χ1n) is 11.4. The van der Waals surface area contributed by atoms with Gasteiger partial charge < -0.3 is 14.4 Å². The van der Waals surface area contributed by atoms with E-state index in [0.29, 0.717) is 10.9 Å². The van der Waals surface area contributed by atoms with Gasteiger partial charge in [0.25, 0.3) is 0 Å². The molecular formula is C23H33N3O4S2Si. The Balaban J connectivity index is 1.56. The lowest BCUT2D eigenvalue weighted by atomic mass is 9.79. The molecule has 5 atom stereocenters. The molecule has 1 saturated heterocycles. The van der Waals surface area contributed by atoms with Crippen LogP contribution in [0.2, 0.25) is 19.6 Å². The summed E-state index contributed by atoms with van der Waals surface area (Å²) < 4.78 is 7.01. The summed E-state index contributed by atoms with van der Waals surface area (Å²) in [5.74, 6) is -1.59. The van der Waals surface area contributed by atoms with E-state index < -0.39 is 14.3 Å². The second-order valence-corrected chi connectivity index (χ2v) is 16.9. The predicted molar refractivity (Wildman–Crippen MR) is 134 cm³/mol. The third-order valence-corrected chi connectivity index (χ3v) is 10.0. The quantitative estimate of drug-likeness (QED) is 0.434. The molecule has 3 aliphatic rings. The van der Waals surface area contributed by atoms with E-state index in [1.165, 1.54) is 33.6 Å². The zero-order valence-electron chi connectivity index (χ0n) is 20.3. The molecule has 1 aromatic rings. The lowest BCUT2D eigenvalue weighted by Crippen LogP contribution is -2.64. The van der Waals surface area contributed by atoms with Gasteiger partial charge in [-0.1, -0.05) is 24.8 Å². The van der Waals surface area contributed by atoms with E-state index in [9.17, 15) is 14.7 Å². The van der Waals surface area contributed by atoms with Crippen LogP contribution in [0.25, 0.3) is 5.57 Å². The molecule has 0 saturated carbocycles. The first-order valence-corrected chi connectivity index (χ1v) is 16.5. The molecule has 0 aliphatic carbocycles. The number of aromatic nitrogens is 1. The van der Waals surface area contributed by atoms with Gasteiger partial charge in [0.1, 0.15) is 5.70 Å². The number of hydrogen-bond acceptors (Lipinski definition) is 7. The normalized spacial score (nSPS) is 29.1. The first kappa shape index (κ1) is 24.7. The number of likely N-dealkylation sites (N-methyl/N-ethyl adjacent to an activating group) is 1. The van der Waals surface area contributed by atoms with Crippen LogP contribution in [0, 0.1) is 11.8 Å². The first-order chi connectivity index (χ1) is 15.4. The SMILES string of the molecule is C[C@@H]1CC=C(c2csc(SC3=C(C(=O)O)N4C(=O)[C@H]([C@@H](C)O[Si](C)(C)C)[C@H]4[C@H]3C)n2)CN1C. The summed E-state index contributed by atoms with van der Waals surface area (Å²) in [6, 6.07) is 0.347. The van der Waals surface area contributed by atoms with Crippen LogP contribution in [-0.2, 0) is 14.0 Å². The Labute approximate surface area is 205 Å². The number of rotatable bonds is 7. The number of carboxylic acids is 1. The zero-order chi connectivity index (χ0) is 24.2. The molecule has 1 amide bonds. The molecule has 1 aromatic heterocycles. The maximum atomic E-state index is 13.0. The monoisotopic (exact) mass is 507 g/mol. The molecule has 7 nitrogen and oxygen atoms in total. The summed E-state index contributed by atoms with van der Waals surface area (Å²) in [4.78, 5) is 34.5. The molecule has 4 rings (SSSR count). The summed E-state index contributed by atoms with van der Waals surface area (Å²) in [6.07, 6.45) is 3.02. The van der Waals surface area contributed by atoms with Crippen LogP contribution >= 0.6 is 23.1 Å². The molecule has 4 heterocycles. The third kappa shape index (κ3) is 4.60. The number of β-lactam (4-membered cyclic amide) rings is 1. The van der Waals surface area contributed by atoms with Crippen LogP contribution in [0.3, 0.4) is 0 Å². The zero-order valence-corrected chi connectivity index (χ0v) is 22.9. The number of fused-ring (bicyclic) bond motifs is 1. The summed E-state index contributed by atoms with van der Waals surface area (Å²) in [7, 11) is 0.295. The van der Waals surface area contributed by atoms with Gasteiger partial charge in [0.05, 0.1) is 23.8 Å². The Morgan fingerprint density at radius 2 is 2.06 bits per heavy atom. The maximum Gasteiger partial charge on any atom is 0.353 e. The fraction of sp³-hybridized carbons (Fsp3) is 0.609. The van der Waals surface area contributed by atoms with Crippen molar-refractivity contribution in [3.63, 3.8) is 0 Å². The Bertz CT molecular complexity index is 1030. The van der Waals surface area contributed by atoms with E-state index in [4.69, 9.17) is 9.41 Å². The van der Waals surface area contributed by atoms with E-state index >= 15 is 0 Å². The molecule has 0 aromatic carbocycles. The molecule has 0 bridgehead atoms. The van der Waals surface area contributed by atoms with Crippen molar-refractivity contribution in [2.75, 3.05) is 13.6 Å². The number of carboxylic acid groups (broad SMARTS) is 1. The Hall–Kier alpha value is -1.46. The van der Waals surface area contributed by atoms with Crippen molar-refractivity contribution >= 4 is 48.9 Å². The number of aliphatic carboxylic acids is 1. The minimum Gasteiger partial charge on any atom is -0.477 e. The predicted octanol–water partition coefficient (Wildman–Crippen LogP) is 4.36. The lowest BCUT2D eigenvalue weighted by molar-refractivity contribution is -0.162. The van der Waals surface area contributed by atoms with Gasteiger partial charge >= 0.3 is 5.97 Å². The molecule has 33 heavy (non-hydrogen) atoms. The van der Waals surface area contributed by atoms with E-state index in [1.807, 2.05) is 19.2 Å². The standard InChI is InChI=1S/C23H33N3O4S2Si/c1-12-8-9-15(10-25(12)4)16-11-31-23(24-16)32-20-13(2)18-17(14(3)30-33(5,6)7)21(27)26(18)19(20)22(28)29/h9,11-14,17-18H,8,10H2,1-7H3,(H,28,29)/t12-,13-,14-,17-,18-/m1/s1. The van der Waals surface area contributed by atoms with Crippen molar-refractivity contribution in [2.45, 2.75) is 69.4 Å². The number of carbonyl (C=O) groups is 2. The van der Waals surface area contributed by atoms with Gasteiger partial charge in [-0.3, -0.25) is 9.69 Å².